The summed E-state index contributed by atoms with van der Waals surface area (Å²) in [6.07, 6.45) is 2.67. The molecule has 1 aliphatic heterocycles. The van der Waals surface area contributed by atoms with Crippen molar-refractivity contribution in [2.24, 2.45) is 0 Å². The summed E-state index contributed by atoms with van der Waals surface area (Å²) in [6.45, 7) is 6.37. The largest absolute Gasteiger partial charge is 0.490 e. The first-order valence-corrected chi connectivity index (χ1v) is 8.07. The first-order valence-electron chi connectivity index (χ1n) is 7.28. The highest BCUT2D eigenvalue weighted by Crippen LogP contribution is 2.31. The van der Waals surface area contributed by atoms with Gasteiger partial charge in [0, 0.05) is 28.9 Å². The number of nitrogens with one attached hydrogen (secondary N) is 1. The van der Waals surface area contributed by atoms with E-state index in [0.29, 0.717) is 0 Å². The lowest BCUT2D eigenvalue weighted by atomic mass is 10.0. The van der Waals surface area contributed by atoms with E-state index in [2.05, 4.69) is 54.2 Å². The van der Waals surface area contributed by atoms with Crippen LogP contribution in [0.3, 0.4) is 0 Å². The highest BCUT2D eigenvalue weighted by Gasteiger charge is 2.26. The van der Waals surface area contributed by atoms with Crippen molar-refractivity contribution in [1.82, 2.24) is 5.32 Å². The standard InChI is InChI=1S/C16H24BrNO2/c1-10-7-14(8-11(2)19-10)20-16-6-5-13(17)9-15(16)12(3)18-4/h5-6,9-12,14,18H,7-8H2,1-4H3. The van der Waals surface area contributed by atoms with E-state index in [0.717, 1.165) is 23.1 Å². The second kappa shape index (κ2) is 6.92. The van der Waals surface area contributed by atoms with Crippen LogP contribution in [-0.2, 0) is 4.74 Å². The first kappa shape index (κ1) is 15.8. The summed E-state index contributed by atoms with van der Waals surface area (Å²) in [5.41, 5.74) is 1.19. The number of hydrogen-bond donors (Lipinski definition) is 1. The van der Waals surface area contributed by atoms with Gasteiger partial charge in [0.2, 0.25) is 0 Å². The molecule has 0 aliphatic carbocycles. The molecule has 0 aromatic heterocycles. The van der Waals surface area contributed by atoms with E-state index < -0.39 is 0 Å². The quantitative estimate of drug-likeness (QED) is 0.895. The van der Waals surface area contributed by atoms with Crippen LogP contribution in [0, 0.1) is 0 Å². The Morgan fingerprint density at radius 2 is 1.95 bits per heavy atom. The van der Waals surface area contributed by atoms with Crippen LogP contribution in [0.1, 0.15) is 45.2 Å². The SMILES string of the molecule is CNC(C)c1cc(Br)ccc1OC1CC(C)OC(C)C1. The van der Waals surface area contributed by atoms with Crippen LogP contribution >= 0.6 is 15.9 Å². The lowest BCUT2D eigenvalue weighted by molar-refractivity contribution is -0.0723. The third-order valence-electron chi connectivity index (χ3n) is 3.82. The minimum atomic E-state index is 0.234. The van der Waals surface area contributed by atoms with Gasteiger partial charge in [-0.3, -0.25) is 0 Å². The molecule has 112 valence electrons. The number of halogens is 1. The van der Waals surface area contributed by atoms with Crippen molar-refractivity contribution < 1.29 is 9.47 Å². The fourth-order valence-electron chi connectivity index (χ4n) is 2.74. The summed E-state index contributed by atoms with van der Waals surface area (Å²) in [7, 11) is 1.97. The summed E-state index contributed by atoms with van der Waals surface area (Å²) < 4.78 is 13.1. The molecular weight excluding hydrogens is 318 g/mol. The van der Waals surface area contributed by atoms with Gasteiger partial charge in [0.15, 0.2) is 0 Å². The average Bonchev–Trinajstić information content (AvgIpc) is 2.38. The maximum absolute atomic E-state index is 6.26. The molecule has 3 atom stereocenters. The molecule has 1 fully saturated rings. The zero-order valence-electron chi connectivity index (χ0n) is 12.7. The summed E-state index contributed by atoms with van der Waals surface area (Å²) in [6, 6.07) is 6.48. The second-order valence-electron chi connectivity index (χ2n) is 5.66. The van der Waals surface area contributed by atoms with Crippen molar-refractivity contribution in [1.29, 1.82) is 0 Å². The van der Waals surface area contributed by atoms with E-state index in [1.165, 1.54) is 5.56 Å². The van der Waals surface area contributed by atoms with Gasteiger partial charge in [-0.05, 0) is 46.0 Å². The molecule has 0 bridgehead atoms. The van der Waals surface area contributed by atoms with Crippen molar-refractivity contribution in [3.63, 3.8) is 0 Å². The van der Waals surface area contributed by atoms with Crippen LogP contribution in [0.4, 0.5) is 0 Å². The van der Waals surface area contributed by atoms with Crippen LogP contribution in [-0.4, -0.2) is 25.4 Å². The molecule has 0 saturated carbocycles. The van der Waals surface area contributed by atoms with Crippen LogP contribution in [0.5, 0.6) is 5.75 Å². The fourth-order valence-corrected chi connectivity index (χ4v) is 3.12. The smallest absolute Gasteiger partial charge is 0.124 e. The molecule has 3 nitrogen and oxygen atoms in total. The third kappa shape index (κ3) is 3.96. The Hall–Kier alpha value is -0.580. The average molecular weight is 342 g/mol. The van der Waals surface area contributed by atoms with E-state index in [-0.39, 0.29) is 24.4 Å². The molecule has 1 N–H and O–H groups in total. The van der Waals surface area contributed by atoms with Crippen LogP contribution in [0.25, 0.3) is 0 Å². The minimum absolute atomic E-state index is 0.234. The number of ether oxygens (including phenoxy) is 2. The topological polar surface area (TPSA) is 30.5 Å². The Morgan fingerprint density at radius 3 is 2.55 bits per heavy atom. The molecule has 0 spiro atoms. The Kier molecular flexibility index (Phi) is 5.47. The maximum atomic E-state index is 6.26. The highest BCUT2D eigenvalue weighted by molar-refractivity contribution is 9.10. The zero-order valence-corrected chi connectivity index (χ0v) is 14.2. The Balaban J connectivity index is 2.16. The normalized spacial score (nSPS) is 28.1. The van der Waals surface area contributed by atoms with Gasteiger partial charge in [0.1, 0.15) is 11.9 Å². The fraction of sp³-hybridized carbons (Fsp3) is 0.625. The van der Waals surface area contributed by atoms with Gasteiger partial charge in [0.25, 0.3) is 0 Å². The summed E-state index contributed by atoms with van der Waals surface area (Å²) >= 11 is 3.53. The molecule has 0 amide bonds. The van der Waals surface area contributed by atoms with E-state index >= 15 is 0 Å². The van der Waals surface area contributed by atoms with Crippen molar-refractivity contribution in [2.45, 2.75) is 58.0 Å². The predicted octanol–water partition coefficient (Wildman–Crippen LogP) is 4.06. The number of hydrogen-bond acceptors (Lipinski definition) is 3. The van der Waals surface area contributed by atoms with Crippen molar-refractivity contribution >= 4 is 15.9 Å². The van der Waals surface area contributed by atoms with Crippen molar-refractivity contribution in [3.8, 4) is 5.75 Å². The molecule has 2 rings (SSSR count). The molecule has 1 aromatic rings. The molecule has 4 heteroatoms. The van der Waals surface area contributed by atoms with Gasteiger partial charge in [-0.1, -0.05) is 15.9 Å². The van der Waals surface area contributed by atoms with E-state index in [9.17, 15) is 0 Å². The van der Waals surface area contributed by atoms with Crippen molar-refractivity contribution in [2.75, 3.05) is 7.05 Å². The minimum Gasteiger partial charge on any atom is -0.490 e. The highest BCUT2D eigenvalue weighted by atomic mass is 79.9. The van der Waals surface area contributed by atoms with Gasteiger partial charge >= 0.3 is 0 Å². The van der Waals surface area contributed by atoms with E-state index in [1.54, 1.807) is 0 Å². The zero-order chi connectivity index (χ0) is 14.7. The Labute approximate surface area is 130 Å². The molecule has 3 unspecified atom stereocenters. The predicted molar refractivity (Wildman–Crippen MR) is 85.3 cm³/mol. The summed E-state index contributed by atoms with van der Waals surface area (Å²) in [4.78, 5) is 0. The van der Waals surface area contributed by atoms with E-state index in [1.807, 2.05) is 13.1 Å². The summed E-state index contributed by atoms with van der Waals surface area (Å²) in [5.74, 6) is 0.973. The molecular formula is C16H24BrNO2. The number of benzene rings is 1. The van der Waals surface area contributed by atoms with Gasteiger partial charge < -0.3 is 14.8 Å². The van der Waals surface area contributed by atoms with Crippen LogP contribution < -0.4 is 10.1 Å². The molecule has 1 aromatic carbocycles. The first-order chi connectivity index (χ1) is 9.49. The van der Waals surface area contributed by atoms with Gasteiger partial charge in [-0.15, -0.1) is 0 Å². The second-order valence-corrected chi connectivity index (χ2v) is 6.58. The molecule has 1 saturated heterocycles. The third-order valence-corrected chi connectivity index (χ3v) is 4.31. The lowest BCUT2D eigenvalue weighted by Crippen LogP contribution is -2.36. The molecule has 1 heterocycles. The number of rotatable bonds is 4. The lowest BCUT2D eigenvalue weighted by Gasteiger charge is -2.33. The molecule has 1 aliphatic rings. The summed E-state index contributed by atoms with van der Waals surface area (Å²) in [5, 5.41) is 3.28. The van der Waals surface area contributed by atoms with Crippen LogP contribution in [0.15, 0.2) is 22.7 Å². The van der Waals surface area contributed by atoms with Gasteiger partial charge in [-0.2, -0.15) is 0 Å². The molecule has 20 heavy (non-hydrogen) atoms. The monoisotopic (exact) mass is 341 g/mol. The van der Waals surface area contributed by atoms with Crippen molar-refractivity contribution in [3.05, 3.63) is 28.2 Å². The Morgan fingerprint density at radius 1 is 1.30 bits per heavy atom. The van der Waals surface area contributed by atoms with Gasteiger partial charge in [-0.25, -0.2) is 0 Å². The van der Waals surface area contributed by atoms with E-state index in [4.69, 9.17) is 9.47 Å². The Bertz CT molecular complexity index is 442. The maximum Gasteiger partial charge on any atom is 0.124 e. The van der Waals surface area contributed by atoms with Gasteiger partial charge in [0.05, 0.1) is 12.2 Å². The molecule has 0 radical (unpaired) electrons. The van der Waals surface area contributed by atoms with Crippen LogP contribution in [0.2, 0.25) is 0 Å².